The van der Waals surface area contributed by atoms with Crippen LogP contribution in [-0.4, -0.2) is 46.0 Å². The van der Waals surface area contributed by atoms with E-state index in [1.165, 1.54) is 12.1 Å². The molecule has 4 aromatic rings. The highest BCUT2D eigenvalue weighted by Gasteiger charge is 2.23. The normalized spacial score (nSPS) is 16.9. The van der Waals surface area contributed by atoms with E-state index in [-0.39, 0.29) is 11.9 Å². The number of pyridine rings is 2. The molecule has 152 valence electrons. The van der Waals surface area contributed by atoms with Crippen molar-refractivity contribution in [2.75, 3.05) is 30.4 Å². The largest absolute Gasteiger partial charge is 0.398 e. The third-order valence-electron chi connectivity index (χ3n) is 5.44. The molecular weight excluding hydrogens is 383 g/mol. The quantitative estimate of drug-likeness (QED) is 0.507. The van der Waals surface area contributed by atoms with Crippen LogP contribution in [0.4, 0.5) is 15.9 Å². The summed E-state index contributed by atoms with van der Waals surface area (Å²) in [7, 11) is 0. The van der Waals surface area contributed by atoms with Gasteiger partial charge in [0.15, 0.2) is 0 Å². The van der Waals surface area contributed by atoms with Crippen LogP contribution >= 0.6 is 0 Å². The van der Waals surface area contributed by atoms with Gasteiger partial charge >= 0.3 is 0 Å². The van der Waals surface area contributed by atoms with Crippen molar-refractivity contribution in [3.63, 3.8) is 0 Å². The summed E-state index contributed by atoms with van der Waals surface area (Å²) in [5, 5.41) is 7.91. The molecule has 1 unspecified atom stereocenters. The highest BCUT2D eigenvalue weighted by Crippen LogP contribution is 2.37. The molecule has 0 saturated carbocycles. The summed E-state index contributed by atoms with van der Waals surface area (Å²) in [6.07, 6.45) is 3.42. The SMILES string of the molecule is CC1COCCN1c1cc(-c2ccc(F)cc2N)c2ccnc(-c3ccn[nH]3)c2n1. The molecule has 0 bridgehead atoms. The summed E-state index contributed by atoms with van der Waals surface area (Å²) in [4.78, 5) is 11.8. The highest BCUT2D eigenvalue weighted by atomic mass is 19.1. The minimum Gasteiger partial charge on any atom is -0.398 e. The van der Waals surface area contributed by atoms with Crippen molar-refractivity contribution in [1.29, 1.82) is 0 Å². The molecular formula is C22H21FN6O. The number of rotatable bonds is 3. The topological polar surface area (TPSA) is 93.0 Å². The average Bonchev–Trinajstić information content (AvgIpc) is 3.28. The lowest BCUT2D eigenvalue weighted by Gasteiger charge is -2.34. The minimum absolute atomic E-state index is 0.175. The minimum atomic E-state index is -0.364. The van der Waals surface area contributed by atoms with Crippen LogP contribution in [0, 0.1) is 5.82 Å². The van der Waals surface area contributed by atoms with E-state index in [0.717, 1.165) is 40.1 Å². The summed E-state index contributed by atoms with van der Waals surface area (Å²) >= 11 is 0. The van der Waals surface area contributed by atoms with Crippen molar-refractivity contribution < 1.29 is 9.13 Å². The second-order valence-corrected chi connectivity index (χ2v) is 7.40. The molecule has 1 saturated heterocycles. The van der Waals surface area contributed by atoms with Gasteiger partial charge in [0.25, 0.3) is 0 Å². The van der Waals surface area contributed by atoms with Crippen molar-refractivity contribution >= 4 is 22.4 Å². The van der Waals surface area contributed by atoms with Crippen molar-refractivity contribution in [2.24, 2.45) is 0 Å². The Hall–Kier alpha value is -3.52. The van der Waals surface area contributed by atoms with E-state index < -0.39 is 0 Å². The number of nitrogen functional groups attached to an aromatic ring is 1. The molecule has 3 N–H and O–H groups in total. The smallest absolute Gasteiger partial charge is 0.130 e. The maximum atomic E-state index is 13.7. The van der Waals surface area contributed by atoms with E-state index in [4.69, 9.17) is 15.5 Å². The van der Waals surface area contributed by atoms with E-state index >= 15 is 0 Å². The van der Waals surface area contributed by atoms with Gasteiger partial charge in [0.05, 0.1) is 24.9 Å². The number of nitrogens with one attached hydrogen (secondary N) is 1. The second-order valence-electron chi connectivity index (χ2n) is 7.40. The summed E-state index contributed by atoms with van der Waals surface area (Å²) in [6, 6.07) is 10.4. The van der Waals surface area contributed by atoms with Crippen LogP contribution < -0.4 is 10.6 Å². The number of H-pyrrole nitrogens is 1. The van der Waals surface area contributed by atoms with E-state index in [9.17, 15) is 4.39 Å². The van der Waals surface area contributed by atoms with Gasteiger partial charge in [-0.25, -0.2) is 9.37 Å². The predicted octanol–water partition coefficient (Wildman–Crippen LogP) is 3.63. The zero-order valence-electron chi connectivity index (χ0n) is 16.5. The van der Waals surface area contributed by atoms with Gasteiger partial charge in [0.2, 0.25) is 0 Å². The summed E-state index contributed by atoms with van der Waals surface area (Å²) in [6.45, 7) is 4.11. The first kappa shape index (κ1) is 18.5. The molecule has 4 heterocycles. The number of aromatic nitrogens is 4. The molecule has 1 fully saturated rings. The first-order valence-electron chi connectivity index (χ1n) is 9.81. The number of hydrogen-bond acceptors (Lipinski definition) is 6. The Labute approximate surface area is 172 Å². The number of anilines is 2. The molecule has 5 rings (SSSR count). The Morgan fingerprint density at radius 1 is 1.17 bits per heavy atom. The number of halogens is 1. The van der Waals surface area contributed by atoms with Crippen LogP contribution in [0.1, 0.15) is 6.92 Å². The molecule has 3 aromatic heterocycles. The summed E-state index contributed by atoms with van der Waals surface area (Å²) in [5.41, 5.74) is 10.4. The Morgan fingerprint density at radius 3 is 2.83 bits per heavy atom. The standard InChI is InChI=1S/C22H21FN6O/c1-13-12-30-9-8-29(13)20-11-17(15-3-2-14(23)10-18(15)24)16-4-6-25-22(21(16)27-20)19-5-7-26-28-19/h2-7,10-11,13H,8-9,12,24H2,1H3,(H,26,28). The van der Waals surface area contributed by atoms with Crippen LogP contribution in [0.5, 0.6) is 0 Å². The lowest BCUT2D eigenvalue weighted by atomic mass is 9.98. The van der Waals surface area contributed by atoms with Crippen molar-refractivity contribution in [2.45, 2.75) is 13.0 Å². The van der Waals surface area contributed by atoms with Gasteiger partial charge in [0, 0.05) is 35.6 Å². The molecule has 1 aliphatic heterocycles. The Morgan fingerprint density at radius 2 is 2.07 bits per heavy atom. The summed E-state index contributed by atoms with van der Waals surface area (Å²) < 4.78 is 19.3. The van der Waals surface area contributed by atoms with Gasteiger partial charge in [0.1, 0.15) is 22.8 Å². The third-order valence-corrected chi connectivity index (χ3v) is 5.44. The number of morpholine rings is 1. The Bertz CT molecular complexity index is 1210. The maximum Gasteiger partial charge on any atom is 0.130 e. The van der Waals surface area contributed by atoms with Crippen molar-refractivity contribution in [3.8, 4) is 22.5 Å². The predicted molar refractivity (Wildman–Crippen MR) is 115 cm³/mol. The first-order valence-corrected chi connectivity index (χ1v) is 9.81. The number of benzene rings is 1. The molecule has 1 aromatic carbocycles. The molecule has 0 spiro atoms. The lowest BCUT2D eigenvalue weighted by molar-refractivity contribution is 0.0986. The molecule has 1 aliphatic rings. The van der Waals surface area contributed by atoms with E-state index in [1.54, 1.807) is 18.5 Å². The van der Waals surface area contributed by atoms with Gasteiger partial charge in [-0.3, -0.25) is 10.1 Å². The van der Waals surface area contributed by atoms with Crippen LogP contribution in [0.3, 0.4) is 0 Å². The molecule has 8 heteroatoms. The fourth-order valence-electron chi connectivity index (χ4n) is 3.94. The number of nitrogens with two attached hydrogens (primary N) is 1. The van der Waals surface area contributed by atoms with Gasteiger partial charge in [-0.15, -0.1) is 0 Å². The Kier molecular flexibility index (Phi) is 4.55. The molecule has 0 amide bonds. The monoisotopic (exact) mass is 404 g/mol. The number of hydrogen-bond donors (Lipinski definition) is 2. The van der Waals surface area contributed by atoms with Gasteiger partial charge in [-0.1, -0.05) is 0 Å². The van der Waals surface area contributed by atoms with Crippen molar-refractivity contribution in [1.82, 2.24) is 20.2 Å². The average molecular weight is 404 g/mol. The van der Waals surface area contributed by atoms with E-state index in [0.29, 0.717) is 24.6 Å². The summed E-state index contributed by atoms with van der Waals surface area (Å²) in [5.74, 6) is 0.447. The first-order chi connectivity index (χ1) is 14.6. The van der Waals surface area contributed by atoms with Gasteiger partial charge in [-0.05, 0) is 48.9 Å². The second kappa shape index (κ2) is 7.38. The van der Waals surface area contributed by atoms with E-state index in [2.05, 4.69) is 27.0 Å². The molecule has 0 radical (unpaired) electrons. The fourth-order valence-corrected chi connectivity index (χ4v) is 3.94. The van der Waals surface area contributed by atoms with Crippen molar-refractivity contribution in [3.05, 3.63) is 54.6 Å². The van der Waals surface area contributed by atoms with E-state index in [1.807, 2.05) is 18.2 Å². The molecule has 1 atom stereocenters. The van der Waals surface area contributed by atoms with Crippen LogP contribution in [0.15, 0.2) is 48.8 Å². The number of fused-ring (bicyclic) bond motifs is 1. The van der Waals surface area contributed by atoms with Gasteiger partial charge in [-0.2, -0.15) is 5.10 Å². The van der Waals surface area contributed by atoms with Crippen LogP contribution in [0.2, 0.25) is 0 Å². The van der Waals surface area contributed by atoms with Gasteiger partial charge < -0.3 is 15.4 Å². The zero-order chi connectivity index (χ0) is 20.7. The maximum absolute atomic E-state index is 13.7. The highest BCUT2D eigenvalue weighted by molar-refractivity contribution is 6.03. The fraction of sp³-hybridized carbons (Fsp3) is 0.227. The Balaban J connectivity index is 1.80. The van der Waals surface area contributed by atoms with Crippen LogP contribution in [0.25, 0.3) is 33.4 Å². The molecule has 30 heavy (non-hydrogen) atoms. The zero-order valence-corrected chi connectivity index (χ0v) is 16.5. The molecule has 7 nitrogen and oxygen atoms in total. The number of ether oxygens (including phenoxy) is 1. The third kappa shape index (κ3) is 3.15. The number of aromatic amines is 1. The molecule has 0 aliphatic carbocycles. The lowest BCUT2D eigenvalue weighted by Crippen LogP contribution is -2.44. The van der Waals surface area contributed by atoms with Crippen LogP contribution in [-0.2, 0) is 4.74 Å². The number of nitrogens with zero attached hydrogens (tertiary/aromatic N) is 4.